The van der Waals surface area contributed by atoms with Crippen molar-refractivity contribution in [3.8, 4) is 5.75 Å². The average molecular weight is 538 g/mol. The lowest BCUT2D eigenvalue weighted by Gasteiger charge is -2.32. The van der Waals surface area contributed by atoms with E-state index in [0.717, 1.165) is 11.8 Å². The van der Waals surface area contributed by atoms with Crippen molar-refractivity contribution < 1.29 is 22.7 Å². The molecule has 2 aromatic carbocycles. The summed E-state index contributed by atoms with van der Waals surface area (Å²) in [6.07, 6.45) is 1.40. The number of sulfonamides is 1. The molecule has 0 aliphatic heterocycles. The van der Waals surface area contributed by atoms with Gasteiger partial charge in [-0.05, 0) is 57.9 Å². The molecule has 1 N–H and O–H groups in total. The van der Waals surface area contributed by atoms with Gasteiger partial charge < -0.3 is 15.0 Å². The Morgan fingerprint density at radius 3 is 2.28 bits per heavy atom. The summed E-state index contributed by atoms with van der Waals surface area (Å²) in [6.45, 7) is 7.51. The molecule has 2 rings (SSSR count). The summed E-state index contributed by atoms with van der Waals surface area (Å²) in [5.74, 6) is -0.142. The monoisotopic (exact) mass is 537 g/mol. The highest BCUT2D eigenvalue weighted by molar-refractivity contribution is 7.92. The molecule has 2 amide bonds. The van der Waals surface area contributed by atoms with Crippen LogP contribution in [-0.4, -0.2) is 56.6 Å². The number of nitrogens with one attached hydrogen (secondary N) is 1. The highest BCUT2D eigenvalue weighted by Gasteiger charge is 2.29. The van der Waals surface area contributed by atoms with Gasteiger partial charge in [0.05, 0.1) is 19.1 Å². The second-order valence-corrected chi connectivity index (χ2v) is 12.0. The fraction of sp³-hybridized carbons (Fsp3) is 0.462. The Hall–Kier alpha value is -2.78. The number of hydrogen-bond donors (Lipinski definition) is 1. The number of anilines is 1. The van der Waals surface area contributed by atoms with Gasteiger partial charge in [-0.3, -0.25) is 13.9 Å². The molecular formula is C26H36ClN3O5S. The minimum atomic E-state index is -3.63. The first-order valence-corrected chi connectivity index (χ1v) is 13.9. The van der Waals surface area contributed by atoms with Gasteiger partial charge in [-0.15, -0.1) is 0 Å². The van der Waals surface area contributed by atoms with Crippen molar-refractivity contribution >= 4 is 39.1 Å². The molecule has 0 fully saturated rings. The third kappa shape index (κ3) is 8.41. The summed E-state index contributed by atoms with van der Waals surface area (Å²) in [7, 11) is -2.15. The van der Waals surface area contributed by atoms with Crippen molar-refractivity contribution in [2.24, 2.45) is 0 Å². The zero-order valence-electron chi connectivity index (χ0n) is 21.7. The van der Waals surface area contributed by atoms with Gasteiger partial charge in [0.2, 0.25) is 21.8 Å². The van der Waals surface area contributed by atoms with E-state index < -0.39 is 21.6 Å². The summed E-state index contributed by atoms with van der Waals surface area (Å²) in [6, 6.07) is 13.2. The molecule has 10 heteroatoms. The molecule has 0 radical (unpaired) electrons. The molecule has 0 aliphatic rings. The molecule has 0 spiro atoms. The van der Waals surface area contributed by atoms with E-state index in [0.29, 0.717) is 16.5 Å². The van der Waals surface area contributed by atoms with E-state index in [1.54, 1.807) is 43.3 Å². The Bertz CT molecular complexity index is 1160. The second kappa shape index (κ2) is 12.5. The molecule has 1 unspecified atom stereocenters. The predicted molar refractivity (Wildman–Crippen MR) is 144 cm³/mol. The van der Waals surface area contributed by atoms with Crippen LogP contribution in [0.5, 0.6) is 5.75 Å². The predicted octanol–water partition coefficient (Wildman–Crippen LogP) is 4.23. The summed E-state index contributed by atoms with van der Waals surface area (Å²) in [4.78, 5) is 27.8. The maximum atomic E-state index is 13.4. The van der Waals surface area contributed by atoms with Crippen LogP contribution >= 0.6 is 11.6 Å². The summed E-state index contributed by atoms with van der Waals surface area (Å²) >= 11 is 6.33. The summed E-state index contributed by atoms with van der Waals surface area (Å²) < 4.78 is 31.6. The summed E-state index contributed by atoms with van der Waals surface area (Å²) in [5.41, 5.74) is 0.658. The van der Waals surface area contributed by atoms with Crippen LogP contribution < -0.4 is 14.4 Å². The second-order valence-electron chi connectivity index (χ2n) is 9.64. The standard InChI is InChI=1S/C26H36ClN3O5S/c1-19(25(32)28-26(2,3)4)29(18-20-12-7-8-13-21(20)27)24(31)16-11-17-30(36(6,33)34)22-14-9-10-15-23(22)35-5/h7-10,12-15,19H,11,16-18H2,1-6H3,(H,28,32). The summed E-state index contributed by atoms with van der Waals surface area (Å²) in [5, 5.41) is 3.41. The first-order chi connectivity index (χ1) is 16.7. The van der Waals surface area contributed by atoms with Crippen LogP contribution in [0.3, 0.4) is 0 Å². The molecule has 0 saturated heterocycles. The number of carbonyl (C=O) groups excluding carboxylic acids is 2. The average Bonchev–Trinajstić information content (AvgIpc) is 2.79. The molecule has 0 aromatic heterocycles. The van der Waals surface area contributed by atoms with Gasteiger partial charge in [-0.25, -0.2) is 8.42 Å². The zero-order valence-corrected chi connectivity index (χ0v) is 23.3. The van der Waals surface area contributed by atoms with Crippen LogP contribution in [0.1, 0.15) is 46.1 Å². The molecule has 1 atom stereocenters. The minimum absolute atomic E-state index is 0.0404. The molecule has 8 nitrogen and oxygen atoms in total. The van der Waals surface area contributed by atoms with E-state index in [1.807, 2.05) is 32.9 Å². The normalized spacial score (nSPS) is 12.5. The number of methoxy groups -OCH3 is 1. The number of para-hydroxylation sites is 2. The Balaban J connectivity index is 2.23. The van der Waals surface area contributed by atoms with Crippen molar-refractivity contribution in [2.75, 3.05) is 24.2 Å². The fourth-order valence-electron chi connectivity index (χ4n) is 3.69. The zero-order chi connectivity index (χ0) is 27.1. The lowest BCUT2D eigenvalue weighted by Crippen LogP contribution is -2.52. The lowest BCUT2D eigenvalue weighted by atomic mass is 10.1. The number of hydrogen-bond acceptors (Lipinski definition) is 5. The van der Waals surface area contributed by atoms with Gasteiger partial charge in [0.1, 0.15) is 11.8 Å². The highest BCUT2D eigenvalue weighted by atomic mass is 35.5. The SMILES string of the molecule is COc1ccccc1N(CCCC(=O)N(Cc1ccccc1Cl)C(C)C(=O)NC(C)(C)C)S(C)(=O)=O. The molecule has 0 heterocycles. The Labute approximate surface area is 219 Å². The number of benzene rings is 2. The van der Waals surface area contributed by atoms with Crippen LogP contribution in [0.15, 0.2) is 48.5 Å². The van der Waals surface area contributed by atoms with Crippen LogP contribution in [0.4, 0.5) is 5.69 Å². The molecule has 0 bridgehead atoms. The largest absolute Gasteiger partial charge is 0.495 e. The maximum absolute atomic E-state index is 13.4. The van der Waals surface area contributed by atoms with E-state index in [2.05, 4.69) is 5.32 Å². The van der Waals surface area contributed by atoms with Crippen molar-refractivity contribution in [3.63, 3.8) is 0 Å². The third-order valence-electron chi connectivity index (χ3n) is 5.47. The fourth-order valence-corrected chi connectivity index (χ4v) is 4.85. The van der Waals surface area contributed by atoms with Crippen molar-refractivity contribution in [3.05, 3.63) is 59.1 Å². The van der Waals surface area contributed by atoms with E-state index in [4.69, 9.17) is 16.3 Å². The number of ether oxygens (including phenoxy) is 1. The van der Waals surface area contributed by atoms with Crippen LogP contribution in [0.2, 0.25) is 5.02 Å². The molecule has 0 aliphatic carbocycles. The van der Waals surface area contributed by atoms with Gasteiger partial charge >= 0.3 is 0 Å². The molecule has 36 heavy (non-hydrogen) atoms. The van der Waals surface area contributed by atoms with Crippen LogP contribution in [0.25, 0.3) is 0 Å². The maximum Gasteiger partial charge on any atom is 0.242 e. The lowest BCUT2D eigenvalue weighted by molar-refractivity contribution is -0.141. The molecule has 198 valence electrons. The number of halogens is 1. The van der Waals surface area contributed by atoms with Crippen molar-refractivity contribution in [1.29, 1.82) is 0 Å². The quantitative estimate of drug-likeness (QED) is 0.463. The molecule has 2 aromatic rings. The van der Waals surface area contributed by atoms with Gasteiger partial charge in [-0.1, -0.05) is 41.9 Å². The van der Waals surface area contributed by atoms with Gasteiger partial charge in [0.25, 0.3) is 0 Å². The van der Waals surface area contributed by atoms with E-state index in [-0.39, 0.29) is 37.7 Å². The number of nitrogens with zero attached hydrogens (tertiary/aromatic N) is 2. The number of rotatable bonds is 11. The van der Waals surface area contributed by atoms with E-state index in [9.17, 15) is 18.0 Å². The first kappa shape index (κ1) is 29.5. The number of amides is 2. The molecular weight excluding hydrogens is 502 g/mol. The van der Waals surface area contributed by atoms with E-state index >= 15 is 0 Å². The van der Waals surface area contributed by atoms with Crippen LogP contribution in [0, 0.1) is 0 Å². The minimum Gasteiger partial charge on any atom is -0.495 e. The topological polar surface area (TPSA) is 96.0 Å². The first-order valence-electron chi connectivity index (χ1n) is 11.7. The highest BCUT2D eigenvalue weighted by Crippen LogP contribution is 2.30. The van der Waals surface area contributed by atoms with E-state index in [1.165, 1.54) is 16.3 Å². The molecule has 0 saturated carbocycles. The van der Waals surface area contributed by atoms with Crippen molar-refractivity contribution in [2.45, 2.75) is 58.7 Å². The van der Waals surface area contributed by atoms with Gasteiger partial charge in [0.15, 0.2) is 0 Å². The Morgan fingerprint density at radius 2 is 1.69 bits per heavy atom. The van der Waals surface area contributed by atoms with Gasteiger partial charge in [0, 0.05) is 30.1 Å². The van der Waals surface area contributed by atoms with Crippen molar-refractivity contribution in [1.82, 2.24) is 10.2 Å². The Morgan fingerprint density at radius 1 is 1.08 bits per heavy atom. The third-order valence-corrected chi connectivity index (χ3v) is 7.02. The van der Waals surface area contributed by atoms with Crippen LogP contribution in [-0.2, 0) is 26.2 Å². The smallest absolute Gasteiger partial charge is 0.242 e. The Kier molecular flexibility index (Phi) is 10.2. The van der Waals surface area contributed by atoms with Gasteiger partial charge in [-0.2, -0.15) is 0 Å². The number of carbonyl (C=O) groups is 2.